The molecule has 1 atom stereocenters. The number of carbonyl (C=O) groups is 2. The molecule has 1 aromatic rings. The molecule has 0 fully saturated rings. The van der Waals surface area contributed by atoms with Crippen LogP contribution in [-0.4, -0.2) is 18.4 Å². The van der Waals surface area contributed by atoms with Crippen LogP contribution in [0.2, 0.25) is 10.0 Å². The maximum atomic E-state index is 11.7. The number of carboxylic acid groups (broad SMARTS) is 1. The van der Waals surface area contributed by atoms with Crippen molar-refractivity contribution < 1.29 is 19.4 Å². The number of aliphatic carboxylic acids is 1. The van der Waals surface area contributed by atoms with Gasteiger partial charge in [0.15, 0.2) is 5.78 Å². The fourth-order valence-corrected chi connectivity index (χ4v) is 3.04. The van der Waals surface area contributed by atoms with Crippen molar-refractivity contribution in [2.45, 2.75) is 26.2 Å². The average Bonchev–Trinajstić information content (AvgIpc) is 2.48. The van der Waals surface area contributed by atoms with E-state index in [9.17, 15) is 14.7 Å². The first-order valence-electron chi connectivity index (χ1n) is 6.99. The molecule has 118 valence electrons. The van der Waals surface area contributed by atoms with Crippen molar-refractivity contribution in [2.75, 3.05) is 6.61 Å². The lowest BCUT2D eigenvalue weighted by atomic mass is 9.81. The molecule has 0 amide bonds. The van der Waals surface area contributed by atoms with Gasteiger partial charge in [0.05, 0.1) is 11.0 Å². The molecule has 0 saturated carbocycles. The highest BCUT2D eigenvalue weighted by Crippen LogP contribution is 2.42. The monoisotopic (exact) mass is 341 g/mol. The minimum atomic E-state index is -1.34. The van der Waals surface area contributed by atoms with Crippen molar-refractivity contribution in [3.8, 4) is 5.75 Å². The second kappa shape index (κ2) is 7.16. The summed E-state index contributed by atoms with van der Waals surface area (Å²) in [4.78, 5) is 22.1. The molecule has 6 heteroatoms. The van der Waals surface area contributed by atoms with E-state index in [0.717, 1.165) is 18.4 Å². The Hall–Kier alpha value is -1.52. The van der Waals surface area contributed by atoms with Crippen LogP contribution in [0, 0.1) is 5.92 Å². The van der Waals surface area contributed by atoms with Gasteiger partial charge < -0.3 is 14.6 Å². The van der Waals surface area contributed by atoms with Gasteiger partial charge in [0.2, 0.25) is 0 Å². The molecule has 0 aromatic heterocycles. The van der Waals surface area contributed by atoms with Crippen molar-refractivity contribution in [3.63, 3.8) is 0 Å². The fourth-order valence-electron chi connectivity index (χ4n) is 2.56. The summed E-state index contributed by atoms with van der Waals surface area (Å²) in [6, 6.07) is 3.26. The maximum Gasteiger partial charge on any atom is 0.156 e. The number of benzene rings is 1. The third kappa shape index (κ3) is 3.62. The van der Waals surface area contributed by atoms with Crippen LogP contribution in [-0.2, 0) is 9.59 Å². The molecule has 0 radical (unpaired) electrons. The molecule has 0 aliphatic heterocycles. The molecule has 1 aliphatic carbocycles. The molecule has 22 heavy (non-hydrogen) atoms. The van der Waals surface area contributed by atoms with Gasteiger partial charge in [0.25, 0.3) is 0 Å². The van der Waals surface area contributed by atoms with E-state index in [-0.39, 0.29) is 27.5 Å². The number of ketones is 1. The first kappa shape index (κ1) is 16.8. The summed E-state index contributed by atoms with van der Waals surface area (Å²) >= 11 is 12.4. The summed E-state index contributed by atoms with van der Waals surface area (Å²) in [6.45, 7) is 1.45. The Morgan fingerprint density at radius 2 is 2.09 bits per heavy atom. The van der Waals surface area contributed by atoms with E-state index in [0.29, 0.717) is 12.0 Å². The van der Waals surface area contributed by atoms with Gasteiger partial charge in [-0.15, -0.1) is 0 Å². The van der Waals surface area contributed by atoms with E-state index in [2.05, 4.69) is 6.92 Å². The van der Waals surface area contributed by atoms with Gasteiger partial charge in [-0.1, -0.05) is 30.1 Å². The van der Waals surface area contributed by atoms with Gasteiger partial charge in [0.1, 0.15) is 17.4 Å². The van der Waals surface area contributed by atoms with Gasteiger partial charge in [-0.05, 0) is 48.1 Å². The van der Waals surface area contributed by atoms with Crippen LogP contribution in [0.3, 0.4) is 0 Å². The normalized spacial score (nSPS) is 18.0. The number of allylic oxidation sites excluding steroid dienone is 2. The van der Waals surface area contributed by atoms with Gasteiger partial charge in [0, 0.05) is 6.42 Å². The van der Waals surface area contributed by atoms with Crippen molar-refractivity contribution >= 4 is 40.5 Å². The van der Waals surface area contributed by atoms with Crippen LogP contribution >= 0.6 is 23.2 Å². The first-order valence-corrected chi connectivity index (χ1v) is 7.75. The molecule has 1 unspecified atom stereocenters. The van der Waals surface area contributed by atoms with E-state index in [1.54, 1.807) is 18.2 Å². The zero-order chi connectivity index (χ0) is 16.3. The molecule has 0 saturated heterocycles. The largest absolute Gasteiger partial charge is 0.546 e. The van der Waals surface area contributed by atoms with E-state index < -0.39 is 12.6 Å². The molecular weight excluding hydrogens is 327 g/mol. The minimum absolute atomic E-state index is 0.0733. The molecule has 1 aliphatic rings. The van der Waals surface area contributed by atoms with Gasteiger partial charge in [-0.3, -0.25) is 4.79 Å². The van der Waals surface area contributed by atoms with Gasteiger partial charge >= 0.3 is 0 Å². The predicted molar refractivity (Wildman–Crippen MR) is 83.0 cm³/mol. The zero-order valence-electron chi connectivity index (χ0n) is 12.0. The Labute approximate surface area is 138 Å². The maximum absolute atomic E-state index is 11.7. The van der Waals surface area contributed by atoms with E-state index >= 15 is 0 Å². The first-order chi connectivity index (χ1) is 10.4. The number of ether oxygens (including phenoxy) is 1. The van der Waals surface area contributed by atoms with E-state index in [1.807, 2.05) is 0 Å². The Morgan fingerprint density at radius 3 is 2.73 bits per heavy atom. The zero-order valence-corrected chi connectivity index (χ0v) is 13.5. The van der Waals surface area contributed by atoms with Gasteiger partial charge in [-0.2, -0.15) is 0 Å². The third-order valence-electron chi connectivity index (χ3n) is 3.69. The average molecular weight is 342 g/mol. The molecule has 2 rings (SSSR count). The highest BCUT2D eigenvalue weighted by Gasteiger charge is 2.24. The Balaban J connectivity index is 2.38. The fraction of sp³-hybridized carbons (Fsp3) is 0.375. The summed E-state index contributed by atoms with van der Waals surface area (Å²) in [5.74, 6) is -0.844. The standard InChI is InChI=1S/C16H16Cl2O4/c1-2-9-3-4-10(19)7-12(9)11-5-6-13(16(18)15(11)17)22-8-14(20)21/h5-7,9H,2-4,8H2,1H3,(H,20,21)/p-1. The second-order valence-electron chi connectivity index (χ2n) is 5.11. The minimum Gasteiger partial charge on any atom is -0.546 e. The number of halogens is 2. The van der Waals surface area contributed by atoms with Crippen molar-refractivity contribution in [3.05, 3.63) is 33.8 Å². The van der Waals surface area contributed by atoms with Crippen molar-refractivity contribution in [1.82, 2.24) is 0 Å². The van der Waals surface area contributed by atoms with Crippen LogP contribution in [0.5, 0.6) is 5.75 Å². The van der Waals surface area contributed by atoms with Crippen LogP contribution in [0.25, 0.3) is 5.57 Å². The molecule has 0 bridgehead atoms. The number of hydrogen-bond donors (Lipinski definition) is 0. The van der Waals surface area contributed by atoms with Crippen LogP contribution in [0.1, 0.15) is 31.7 Å². The van der Waals surface area contributed by atoms with E-state index in [1.165, 1.54) is 0 Å². The SMILES string of the molecule is CCC1CCC(=O)C=C1c1ccc(OCC(=O)[O-])c(Cl)c1Cl. The lowest BCUT2D eigenvalue weighted by Gasteiger charge is -2.24. The molecule has 4 nitrogen and oxygen atoms in total. The Morgan fingerprint density at radius 1 is 1.36 bits per heavy atom. The Kier molecular flexibility index (Phi) is 5.48. The summed E-state index contributed by atoms with van der Waals surface area (Å²) in [5.41, 5.74) is 1.56. The lowest BCUT2D eigenvalue weighted by molar-refractivity contribution is -0.307. The lowest BCUT2D eigenvalue weighted by Crippen LogP contribution is -2.29. The number of hydrogen-bond acceptors (Lipinski definition) is 4. The van der Waals surface area contributed by atoms with Crippen LogP contribution in [0.15, 0.2) is 18.2 Å². The summed E-state index contributed by atoms with van der Waals surface area (Å²) < 4.78 is 5.03. The summed E-state index contributed by atoms with van der Waals surface area (Å²) in [5, 5.41) is 10.8. The highest BCUT2D eigenvalue weighted by atomic mass is 35.5. The number of rotatable bonds is 5. The predicted octanol–water partition coefficient (Wildman–Crippen LogP) is 2.89. The second-order valence-corrected chi connectivity index (χ2v) is 5.87. The van der Waals surface area contributed by atoms with Crippen LogP contribution in [0.4, 0.5) is 0 Å². The third-order valence-corrected chi connectivity index (χ3v) is 4.56. The molecule has 0 N–H and O–H groups in total. The molecule has 0 spiro atoms. The quantitative estimate of drug-likeness (QED) is 0.825. The molecule has 1 aromatic carbocycles. The smallest absolute Gasteiger partial charge is 0.156 e. The summed E-state index contributed by atoms with van der Waals surface area (Å²) in [6.07, 6.45) is 3.85. The topological polar surface area (TPSA) is 66.4 Å². The Bertz CT molecular complexity index is 637. The van der Waals surface area contributed by atoms with Crippen molar-refractivity contribution in [1.29, 1.82) is 0 Å². The van der Waals surface area contributed by atoms with Crippen LogP contribution < -0.4 is 9.84 Å². The highest BCUT2D eigenvalue weighted by molar-refractivity contribution is 6.44. The molecular formula is C16H15Cl2O4-. The number of carboxylic acids is 1. The molecule has 0 heterocycles. The summed E-state index contributed by atoms with van der Waals surface area (Å²) in [7, 11) is 0. The van der Waals surface area contributed by atoms with Crippen molar-refractivity contribution in [2.24, 2.45) is 5.92 Å². The number of carbonyl (C=O) groups excluding carboxylic acids is 2. The van der Waals surface area contributed by atoms with Gasteiger partial charge in [-0.25, -0.2) is 0 Å². The van der Waals surface area contributed by atoms with E-state index in [4.69, 9.17) is 27.9 Å².